The quantitative estimate of drug-likeness (QED) is 0.487. The minimum absolute atomic E-state index is 0. The first-order chi connectivity index (χ1) is 6.21. The molecule has 0 heterocycles. The van der Waals surface area contributed by atoms with E-state index in [1.54, 1.807) is 0 Å². The summed E-state index contributed by atoms with van der Waals surface area (Å²) in [4.78, 5) is 0. The summed E-state index contributed by atoms with van der Waals surface area (Å²) in [6.07, 6.45) is 17.4. The summed E-state index contributed by atoms with van der Waals surface area (Å²) in [6.45, 7) is 4.48. The molecule has 0 saturated heterocycles. The molecule has 0 aromatic carbocycles. The van der Waals surface area contributed by atoms with E-state index in [-0.39, 0.29) is 56.4 Å². The van der Waals surface area contributed by atoms with E-state index in [1.807, 2.05) is 0 Å². The predicted octanol–water partition coefficient (Wildman–Crippen LogP) is -2.60. The van der Waals surface area contributed by atoms with Gasteiger partial charge in [-0.15, -0.1) is 12.8 Å². The van der Waals surface area contributed by atoms with E-state index in [4.69, 9.17) is 0 Å². The van der Waals surface area contributed by atoms with Crippen molar-refractivity contribution in [1.82, 2.24) is 0 Å². The van der Waals surface area contributed by atoms with E-state index in [1.165, 1.54) is 11.1 Å². The predicted molar refractivity (Wildman–Crippen MR) is 54.8 cm³/mol. The number of halogens is 2. The third kappa shape index (κ3) is 3.72. The number of hydrogen-bond acceptors (Lipinski definition) is 0. The zero-order valence-electron chi connectivity index (χ0n) is 9.48. The second-order valence-corrected chi connectivity index (χ2v) is 4.02. The Bertz CT molecular complexity index is 304. The van der Waals surface area contributed by atoms with Gasteiger partial charge >= 0.3 is 26.2 Å². The van der Waals surface area contributed by atoms with Crippen LogP contribution in [0.25, 0.3) is 0 Å². The van der Waals surface area contributed by atoms with Crippen LogP contribution in [0, 0.1) is 17.6 Å². The monoisotopic (exact) mass is 330 g/mol. The molecule has 16 heavy (non-hydrogen) atoms. The van der Waals surface area contributed by atoms with Crippen LogP contribution in [0.2, 0.25) is 0 Å². The van der Waals surface area contributed by atoms with Crippen molar-refractivity contribution in [1.29, 1.82) is 0 Å². The first-order valence-electron chi connectivity index (χ1n) is 4.77. The van der Waals surface area contributed by atoms with Crippen LogP contribution in [0.5, 0.6) is 0 Å². The molecule has 0 atom stereocenters. The Balaban J connectivity index is 0. The molecular weight excluding hydrogens is 318 g/mol. The van der Waals surface area contributed by atoms with Crippen LogP contribution < -0.4 is 24.8 Å². The van der Waals surface area contributed by atoms with Crippen LogP contribution in [0.1, 0.15) is 26.7 Å². The van der Waals surface area contributed by atoms with Gasteiger partial charge in [0.1, 0.15) is 0 Å². The van der Waals surface area contributed by atoms with Gasteiger partial charge in [0.25, 0.3) is 0 Å². The third-order valence-electron chi connectivity index (χ3n) is 2.74. The molecule has 0 bridgehead atoms. The first-order valence-corrected chi connectivity index (χ1v) is 4.77. The minimum atomic E-state index is 0. The average molecular weight is 332 g/mol. The van der Waals surface area contributed by atoms with Gasteiger partial charge in [0.2, 0.25) is 0 Å². The Morgan fingerprint density at radius 2 is 1.31 bits per heavy atom. The Morgan fingerprint density at radius 3 is 1.56 bits per heavy atom. The van der Waals surface area contributed by atoms with E-state index >= 15 is 0 Å². The molecule has 0 radical (unpaired) electrons. The van der Waals surface area contributed by atoms with Crippen molar-refractivity contribution in [3.8, 4) is 0 Å². The summed E-state index contributed by atoms with van der Waals surface area (Å²) < 4.78 is 0. The first kappa shape index (κ1) is 18.8. The summed E-state index contributed by atoms with van der Waals surface area (Å²) in [6, 6.07) is 0. The van der Waals surface area contributed by atoms with Gasteiger partial charge in [-0.3, -0.25) is 12.2 Å². The van der Waals surface area contributed by atoms with Crippen molar-refractivity contribution in [3.63, 3.8) is 0 Å². The second-order valence-electron chi connectivity index (χ2n) is 4.02. The fourth-order valence-corrected chi connectivity index (χ4v) is 1.81. The SMILES string of the molecule is CC(C)(C1=[C-]CC=C1)C1=[C-]CC=C1.[Cl-].[Cl-].[Zr+4]. The average Bonchev–Trinajstić information content (AvgIpc) is 2.78. The van der Waals surface area contributed by atoms with Gasteiger partial charge < -0.3 is 24.8 Å². The fraction of sp³-hybridized carbons (Fsp3) is 0.385. The zero-order chi connectivity index (χ0) is 9.31. The summed E-state index contributed by atoms with van der Waals surface area (Å²) in [5, 5.41) is 0. The zero-order valence-corrected chi connectivity index (χ0v) is 13.4. The molecule has 0 unspecified atom stereocenters. The fourth-order valence-electron chi connectivity index (χ4n) is 1.81. The molecule has 0 saturated carbocycles. The molecule has 0 aliphatic heterocycles. The smallest absolute Gasteiger partial charge is 1.00 e. The maximum absolute atomic E-state index is 3.38. The topological polar surface area (TPSA) is 0 Å². The Hall–Kier alpha value is 0.423. The van der Waals surface area contributed by atoms with E-state index in [0.29, 0.717) is 0 Å². The number of hydrogen-bond donors (Lipinski definition) is 0. The minimum Gasteiger partial charge on any atom is -1.00 e. The van der Waals surface area contributed by atoms with Crippen LogP contribution in [0.3, 0.4) is 0 Å². The largest absolute Gasteiger partial charge is 4.00 e. The second kappa shape index (κ2) is 7.69. The van der Waals surface area contributed by atoms with Crippen molar-refractivity contribution < 1.29 is 51.0 Å². The van der Waals surface area contributed by atoms with Gasteiger partial charge in [-0.05, 0) is 0 Å². The summed E-state index contributed by atoms with van der Waals surface area (Å²) in [5.41, 5.74) is 2.71. The Morgan fingerprint density at radius 1 is 0.938 bits per heavy atom. The molecule has 3 heteroatoms. The maximum atomic E-state index is 3.38. The van der Waals surface area contributed by atoms with Gasteiger partial charge in [-0.2, -0.15) is 12.2 Å². The Labute approximate surface area is 130 Å². The van der Waals surface area contributed by atoms with E-state index < -0.39 is 0 Å². The summed E-state index contributed by atoms with van der Waals surface area (Å²) in [7, 11) is 0. The molecule has 2 aliphatic carbocycles. The molecule has 2 aliphatic rings. The maximum Gasteiger partial charge on any atom is 4.00 e. The molecule has 0 N–H and O–H groups in total. The normalized spacial score (nSPS) is 16.9. The van der Waals surface area contributed by atoms with E-state index in [2.05, 4.69) is 50.3 Å². The van der Waals surface area contributed by atoms with Crippen LogP contribution in [-0.2, 0) is 26.2 Å². The van der Waals surface area contributed by atoms with Crippen molar-refractivity contribution in [2.24, 2.45) is 5.41 Å². The van der Waals surface area contributed by atoms with Crippen molar-refractivity contribution >= 4 is 0 Å². The molecule has 84 valence electrons. The summed E-state index contributed by atoms with van der Waals surface area (Å²) >= 11 is 0. The molecular formula is C13H14Cl2Zr. The molecule has 0 aromatic heterocycles. The van der Waals surface area contributed by atoms with E-state index in [0.717, 1.165) is 12.8 Å². The molecule has 0 amide bonds. The van der Waals surface area contributed by atoms with E-state index in [9.17, 15) is 0 Å². The molecule has 0 spiro atoms. The Kier molecular flexibility index (Phi) is 9.03. The standard InChI is InChI=1S/C13H14.2ClH.Zr/c1-13(2,11-7-3-4-8-11)12-9-5-6-10-12;;;/h3,5,7,9H,4,6H2,1-2H3;2*1H;/q-2;;;+4/p-2. The van der Waals surface area contributed by atoms with Crippen LogP contribution >= 0.6 is 0 Å². The van der Waals surface area contributed by atoms with Crippen molar-refractivity contribution in [2.75, 3.05) is 0 Å². The van der Waals surface area contributed by atoms with Gasteiger partial charge in [-0.25, -0.2) is 23.3 Å². The van der Waals surface area contributed by atoms with Crippen molar-refractivity contribution in [3.05, 3.63) is 47.6 Å². The molecule has 0 fully saturated rings. The van der Waals surface area contributed by atoms with Gasteiger partial charge in [-0.1, -0.05) is 19.3 Å². The van der Waals surface area contributed by atoms with Crippen LogP contribution in [0.4, 0.5) is 0 Å². The molecule has 0 aromatic rings. The van der Waals surface area contributed by atoms with Crippen molar-refractivity contribution in [2.45, 2.75) is 26.7 Å². The van der Waals surface area contributed by atoms with Gasteiger partial charge in [0, 0.05) is 0 Å². The number of rotatable bonds is 2. The van der Waals surface area contributed by atoms with Crippen LogP contribution in [0.15, 0.2) is 35.5 Å². The molecule has 0 nitrogen and oxygen atoms in total. The summed E-state index contributed by atoms with van der Waals surface area (Å²) in [5.74, 6) is 0. The van der Waals surface area contributed by atoms with Crippen LogP contribution in [-0.4, -0.2) is 0 Å². The number of allylic oxidation sites excluding steroid dienone is 8. The van der Waals surface area contributed by atoms with Gasteiger partial charge in [0.05, 0.1) is 0 Å². The van der Waals surface area contributed by atoms with Gasteiger partial charge in [0.15, 0.2) is 0 Å². The molecule has 2 rings (SSSR count). The third-order valence-corrected chi connectivity index (χ3v) is 2.74.